The Kier molecular flexibility index (Phi) is 9.44. The van der Waals surface area contributed by atoms with Crippen LogP contribution in [0.3, 0.4) is 0 Å². The van der Waals surface area contributed by atoms with Gasteiger partial charge in [0.15, 0.2) is 0 Å². The van der Waals surface area contributed by atoms with Crippen molar-refractivity contribution < 1.29 is 36.9 Å². The minimum atomic E-state index is -4.51. The van der Waals surface area contributed by atoms with Crippen LogP contribution >= 0.6 is 0 Å². The van der Waals surface area contributed by atoms with Gasteiger partial charge < -0.3 is 19.5 Å². The van der Waals surface area contributed by atoms with Crippen molar-refractivity contribution in [1.82, 2.24) is 14.7 Å². The molecule has 41 heavy (non-hydrogen) atoms. The van der Waals surface area contributed by atoms with Crippen molar-refractivity contribution in [3.63, 3.8) is 0 Å². The van der Waals surface area contributed by atoms with Crippen molar-refractivity contribution in [1.29, 1.82) is 0 Å². The number of rotatable bonds is 11. The summed E-state index contributed by atoms with van der Waals surface area (Å²) in [5.41, 5.74) is 0.462. The fourth-order valence-corrected chi connectivity index (χ4v) is 5.87. The van der Waals surface area contributed by atoms with E-state index in [2.05, 4.69) is 24.7 Å². The highest BCUT2D eigenvalue weighted by Gasteiger charge is 2.38. The quantitative estimate of drug-likeness (QED) is 0.150. The standard InChI is InChI=1S/C29H37F4N3O4Si/c1-41(2,3)15-14-40-20-36-18-22-17-24(29(31,32)33)16-21(26(22)34-36)8-13-39-19-28(23-4-6-25(30)7-5-23)9-11-35(12-10-28)27(37)38/h4-7,16-18H,8-15,19-20H2,1-3H3,(H,37,38). The molecular formula is C29H37F4N3O4Si. The summed E-state index contributed by atoms with van der Waals surface area (Å²) in [7, 11) is -1.27. The second-order valence-electron chi connectivity index (χ2n) is 11.9. The third-order valence-electron chi connectivity index (χ3n) is 7.62. The number of hydrogen-bond donors (Lipinski definition) is 1. The molecule has 0 aliphatic carbocycles. The number of hydrogen-bond acceptors (Lipinski definition) is 4. The number of carboxylic acid groups (broad SMARTS) is 1. The molecule has 1 N–H and O–H groups in total. The van der Waals surface area contributed by atoms with E-state index in [1.165, 1.54) is 21.7 Å². The first-order chi connectivity index (χ1) is 19.3. The van der Waals surface area contributed by atoms with Crippen molar-refractivity contribution in [2.45, 2.75) is 63.3 Å². The van der Waals surface area contributed by atoms with E-state index >= 15 is 0 Å². The summed E-state index contributed by atoms with van der Waals surface area (Å²) >= 11 is 0. The number of ether oxygens (including phenoxy) is 2. The van der Waals surface area contributed by atoms with Crippen LogP contribution in [0.15, 0.2) is 42.6 Å². The lowest BCUT2D eigenvalue weighted by molar-refractivity contribution is -0.137. The number of benzene rings is 2. The zero-order valence-electron chi connectivity index (χ0n) is 23.6. The van der Waals surface area contributed by atoms with Gasteiger partial charge in [-0.25, -0.2) is 13.9 Å². The number of carbonyl (C=O) groups is 1. The number of aromatic nitrogens is 2. The molecule has 4 rings (SSSR count). The first kappa shape index (κ1) is 31.0. The Morgan fingerprint density at radius 2 is 1.76 bits per heavy atom. The smallest absolute Gasteiger partial charge is 0.416 e. The van der Waals surface area contributed by atoms with Crippen LogP contribution in [0.2, 0.25) is 25.7 Å². The molecule has 0 spiro atoms. The Morgan fingerprint density at radius 1 is 1.07 bits per heavy atom. The van der Waals surface area contributed by atoms with Gasteiger partial charge in [-0.3, -0.25) is 0 Å². The van der Waals surface area contributed by atoms with E-state index < -0.39 is 31.3 Å². The lowest BCUT2D eigenvalue weighted by Crippen LogP contribution is -2.47. The maximum atomic E-state index is 13.7. The fraction of sp³-hybridized carbons (Fsp3) is 0.517. The number of fused-ring (bicyclic) bond motifs is 1. The van der Waals surface area contributed by atoms with E-state index in [0.29, 0.717) is 49.0 Å². The van der Waals surface area contributed by atoms with E-state index in [4.69, 9.17) is 9.47 Å². The molecule has 1 aromatic heterocycles. The molecular weight excluding hydrogens is 558 g/mol. The number of halogens is 4. The number of likely N-dealkylation sites (tertiary alicyclic amines) is 1. The van der Waals surface area contributed by atoms with Crippen LogP contribution in [-0.2, 0) is 34.2 Å². The highest BCUT2D eigenvalue weighted by Crippen LogP contribution is 2.37. The number of nitrogens with zero attached hydrogens (tertiary/aromatic N) is 3. The summed E-state index contributed by atoms with van der Waals surface area (Å²) in [5.74, 6) is -0.373. The van der Waals surface area contributed by atoms with Crippen molar-refractivity contribution in [2.24, 2.45) is 0 Å². The molecule has 7 nitrogen and oxygen atoms in total. The van der Waals surface area contributed by atoms with Gasteiger partial charge in [-0.15, -0.1) is 0 Å². The van der Waals surface area contributed by atoms with Gasteiger partial charge >= 0.3 is 12.3 Å². The molecule has 224 valence electrons. The predicted octanol–water partition coefficient (Wildman–Crippen LogP) is 6.78. The van der Waals surface area contributed by atoms with Gasteiger partial charge in [0, 0.05) is 44.8 Å². The predicted molar refractivity (Wildman–Crippen MR) is 150 cm³/mol. The van der Waals surface area contributed by atoms with Crippen LogP contribution < -0.4 is 0 Å². The molecule has 0 radical (unpaired) electrons. The maximum absolute atomic E-state index is 13.7. The number of alkyl halides is 3. The molecule has 12 heteroatoms. The van der Waals surface area contributed by atoms with E-state index in [0.717, 1.165) is 23.7 Å². The van der Waals surface area contributed by atoms with E-state index in [-0.39, 0.29) is 32.2 Å². The summed E-state index contributed by atoms with van der Waals surface area (Å²) < 4.78 is 68.0. The summed E-state index contributed by atoms with van der Waals surface area (Å²) in [6, 6.07) is 9.30. The van der Waals surface area contributed by atoms with Crippen LogP contribution in [0.1, 0.15) is 29.5 Å². The molecule has 0 atom stereocenters. The monoisotopic (exact) mass is 595 g/mol. The summed E-state index contributed by atoms with van der Waals surface area (Å²) in [6.45, 7) is 8.44. The first-order valence-corrected chi connectivity index (χ1v) is 17.4. The SMILES string of the molecule is C[Si](C)(C)CCOCn1cc2cc(C(F)(F)F)cc(CCOCC3(c4ccc(F)cc4)CCN(C(=O)O)CC3)c2n1. The summed E-state index contributed by atoms with van der Waals surface area (Å²) in [4.78, 5) is 12.8. The minimum Gasteiger partial charge on any atom is -0.465 e. The molecule has 1 amide bonds. The van der Waals surface area contributed by atoms with Crippen molar-refractivity contribution in [2.75, 3.05) is 32.9 Å². The largest absolute Gasteiger partial charge is 0.465 e. The third-order valence-corrected chi connectivity index (χ3v) is 9.33. The fourth-order valence-electron chi connectivity index (χ4n) is 5.11. The van der Waals surface area contributed by atoms with Gasteiger partial charge in [-0.2, -0.15) is 18.3 Å². The molecule has 1 aliphatic heterocycles. The van der Waals surface area contributed by atoms with Crippen LogP contribution in [0, 0.1) is 5.82 Å². The molecule has 0 unspecified atom stereocenters. The average Bonchev–Trinajstić information content (AvgIpc) is 3.32. The normalized spacial score (nSPS) is 15.9. The highest BCUT2D eigenvalue weighted by atomic mass is 28.3. The van der Waals surface area contributed by atoms with E-state index in [9.17, 15) is 27.5 Å². The minimum absolute atomic E-state index is 0.140. The Labute approximate surface area is 238 Å². The second-order valence-corrected chi connectivity index (χ2v) is 17.6. The zero-order valence-corrected chi connectivity index (χ0v) is 24.6. The van der Waals surface area contributed by atoms with Gasteiger partial charge in [0.1, 0.15) is 12.5 Å². The van der Waals surface area contributed by atoms with Crippen molar-refractivity contribution in [3.8, 4) is 0 Å². The third kappa shape index (κ3) is 8.07. The number of piperidine rings is 1. The van der Waals surface area contributed by atoms with Gasteiger partial charge in [-0.05, 0) is 60.7 Å². The van der Waals surface area contributed by atoms with Crippen molar-refractivity contribution >= 4 is 25.1 Å². The van der Waals surface area contributed by atoms with Gasteiger partial charge in [-0.1, -0.05) is 31.8 Å². The van der Waals surface area contributed by atoms with Crippen LogP contribution in [0.5, 0.6) is 0 Å². The molecule has 2 aromatic carbocycles. The Hall–Kier alpha value is -2.96. The van der Waals surface area contributed by atoms with Crippen LogP contribution in [0.25, 0.3) is 10.9 Å². The molecule has 1 aliphatic rings. The molecule has 3 aromatic rings. The molecule has 1 fully saturated rings. The van der Waals surface area contributed by atoms with Crippen LogP contribution in [-0.4, -0.2) is 66.9 Å². The van der Waals surface area contributed by atoms with Crippen molar-refractivity contribution in [3.05, 3.63) is 65.1 Å². The number of amides is 1. The molecule has 1 saturated heterocycles. The lowest BCUT2D eigenvalue weighted by atomic mass is 9.73. The van der Waals surface area contributed by atoms with Gasteiger partial charge in [0.05, 0.1) is 24.3 Å². The van der Waals surface area contributed by atoms with Crippen LogP contribution in [0.4, 0.5) is 22.4 Å². The zero-order chi connectivity index (χ0) is 29.8. The molecule has 0 bridgehead atoms. The summed E-state index contributed by atoms with van der Waals surface area (Å²) in [6.07, 6.45) is -2.75. The van der Waals surface area contributed by atoms with E-state index in [1.54, 1.807) is 18.3 Å². The maximum Gasteiger partial charge on any atom is 0.416 e. The first-order valence-electron chi connectivity index (χ1n) is 13.7. The average molecular weight is 596 g/mol. The topological polar surface area (TPSA) is 76.8 Å². The van der Waals surface area contributed by atoms with Gasteiger partial charge in [0.2, 0.25) is 0 Å². The second kappa shape index (κ2) is 12.5. The molecule has 0 saturated carbocycles. The Morgan fingerprint density at radius 3 is 2.37 bits per heavy atom. The van der Waals surface area contributed by atoms with Gasteiger partial charge in [0.25, 0.3) is 0 Å². The molecule has 2 heterocycles. The Balaban J connectivity index is 1.47. The lowest BCUT2D eigenvalue weighted by Gasteiger charge is -2.41. The summed E-state index contributed by atoms with van der Waals surface area (Å²) in [5, 5.41) is 14.3. The van der Waals surface area contributed by atoms with E-state index in [1.807, 2.05) is 0 Å². The Bertz CT molecular complexity index is 1330. The highest BCUT2D eigenvalue weighted by molar-refractivity contribution is 6.76.